The highest BCUT2D eigenvalue weighted by atomic mass is 35.5. The monoisotopic (exact) mass is 419 g/mol. The summed E-state index contributed by atoms with van der Waals surface area (Å²) in [7, 11) is 3.44. The summed E-state index contributed by atoms with van der Waals surface area (Å²) in [5, 5.41) is 35.9. The maximum Gasteiger partial charge on any atom is 0.147 e. The number of nitrogens with zero attached hydrogens (tertiary/aromatic N) is 3. The lowest BCUT2D eigenvalue weighted by atomic mass is 9.93. The minimum atomic E-state index is -1.32. The summed E-state index contributed by atoms with van der Waals surface area (Å²) >= 11 is 18.8. The van der Waals surface area contributed by atoms with Gasteiger partial charge in [-0.25, -0.2) is 4.99 Å². The van der Waals surface area contributed by atoms with E-state index < -0.39 is 31.0 Å². The van der Waals surface area contributed by atoms with Crippen molar-refractivity contribution in [3.63, 3.8) is 0 Å². The zero-order chi connectivity index (χ0) is 19.2. The summed E-state index contributed by atoms with van der Waals surface area (Å²) in [6.45, 7) is -0.461. The van der Waals surface area contributed by atoms with Gasteiger partial charge < -0.3 is 20.1 Å². The number of hydrazone groups is 1. The van der Waals surface area contributed by atoms with Gasteiger partial charge in [0.05, 0.1) is 27.9 Å². The fourth-order valence-electron chi connectivity index (χ4n) is 2.90. The predicted octanol–water partition coefficient (Wildman–Crippen LogP) is 1.96. The van der Waals surface area contributed by atoms with E-state index >= 15 is 0 Å². The van der Waals surface area contributed by atoms with Crippen LogP contribution in [-0.4, -0.2) is 70.4 Å². The maximum atomic E-state index is 10.4. The maximum absolute atomic E-state index is 10.4. The van der Waals surface area contributed by atoms with Crippen molar-refractivity contribution in [1.82, 2.24) is 5.01 Å². The van der Waals surface area contributed by atoms with E-state index in [0.717, 1.165) is 0 Å². The molecule has 0 aliphatic carbocycles. The highest BCUT2D eigenvalue weighted by Crippen LogP contribution is 2.49. The van der Waals surface area contributed by atoms with Crippen LogP contribution < -0.4 is 0 Å². The third-order valence-electron chi connectivity index (χ3n) is 4.10. The number of aliphatic hydroxyl groups is 3. The lowest BCUT2D eigenvalue weighted by Gasteiger charge is -2.20. The first kappa shape index (κ1) is 19.6. The first-order valence-corrected chi connectivity index (χ1v) is 8.79. The van der Waals surface area contributed by atoms with Crippen molar-refractivity contribution >= 4 is 57.1 Å². The quantitative estimate of drug-likeness (QED) is 0.513. The zero-order valence-corrected chi connectivity index (χ0v) is 16.1. The standard InChI is InChI=1S/C16H16Cl3N3O4/c1-22(2)20-4-6-10-8(21-16(6)19)3-7(17)12(18)11(10)15-14(25)13(24)9(5-23)26-15/h3,9,13-15,23-25H,5H2,1-2H3/t9-,13-,14-,15+/m1/s1. The van der Waals surface area contributed by atoms with E-state index in [1.54, 1.807) is 14.1 Å². The lowest BCUT2D eigenvalue weighted by molar-refractivity contribution is -0.0227. The SMILES string of the molecule is CN(C)N=C=C1C(Cl)=Nc2cc(Cl)c(Cl)c([C@@H]3O[C@H](CO)[C@@H](O)[C@H]3O)c21. The van der Waals surface area contributed by atoms with Gasteiger partial charge in [0.15, 0.2) is 0 Å². The summed E-state index contributed by atoms with van der Waals surface area (Å²) in [4.78, 5) is 4.24. The number of fused-ring (bicyclic) bond motifs is 1. The number of allylic oxidation sites excluding steroid dienone is 1. The molecule has 3 N–H and O–H groups in total. The number of hydrogen-bond acceptors (Lipinski definition) is 7. The van der Waals surface area contributed by atoms with E-state index in [-0.39, 0.29) is 15.2 Å². The molecule has 1 aromatic carbocycles. The molecule has 26 heavy (non-hydrogen) atoms. The number of aliphatic imine (C=N–C) groups is 1. The van der Waals surface area contributed by atoms with E-state index in [1.165, 1.54) is 11.1 Å². The molecule has 0 spiro atoms. The molecule has 1 aromatic rings. The Morgan fingerprint density at radius 2 is 1.96 bits per heavy atom. The third-order valence-corrected chi connectivity index (χ3v) is 5.17. The van der Waals surface area contributed by atoms with Gasteiger partial charge >= 0.3 is 0 Å². The number of halogens is 3. The Morgan fingerprint density at radius 1 is 1.27 bits per heavy atom. The molecule has 0 amide bonds. The molecular formula is C16H16Cl3N3O4. The smallest absolute Gasteiger partial charge is 0.147 e. The number of rotatable bonds is 3. The van der Waals surface area contributed by atoms with Crippen LogP contribution in [0.4, 0.5) is 5.69 Å². The minimum Gasteiger partial charge on any atom is -0.394 e. The fourth-order valence-corrected chi connectivity index (χ4v) is 3.59. The van der Waals surface area contributed by atoms with E-state index in [4.69, 9.17) is 39.5 Å². The van der Waals surface area contributed by atoms with Gasteiger partial charge in [0.25, 0.3) is 0 Å². The van der Waals surface area contributed by atoms with Gasteiger partial charge in [0.1, 0.15) is 29.6 Å². The Labute approximate surface area is 164 Å². The summed E-state index contributed by atoms with van der Waals surface area (Å²) in [6.07, 6.45) is -4.59. The van der Waals surface area contributed by atoms with Crippen molar-refractivity contribution in [3.05, 3.63) is 27.2 Å². The molecule has 0 bridgehead atoms. The largest absolute Gasteiger partial charge is 0.394 e. The Balaban J connectivity index is 2.22. The van der Waals surface area contributed by atoms with E-state index in [2.05, 4.69) is 16.0 Å². The highest BCUT2D eigenvalue weighted by molar-refractivity contribution is 6.79. The van der Waals surface area contributed by atoms with E-state index in [1.807, 2.05) is 0 Å². The molecule has 2 aliphatic heterocycles. The highest BCUT2D eigenvalue weighted by Gasteiger charge is 2.46. The Bertz CT molecular complexity index is 837. The minimum absolute atomic E-state index is 0.131. The van der Waals surface area contributed by atoms with E-state index in [0.29, 0.717) is 22.4 Å². The molecule has 0 radical (unpaired) electrons. The van der Waals surface area contributed by atoms with Crippen molar-refractivity contribution in [2.45, 2.75) is 24.4 Å². The van der Waals surface area contributed by atoms with E-state index in [9.17, 15) is 15.3 Å². The molecule has 0 saturated carbocycles. The second-order valence-electron chi connectivity index (χ2n) is 6.08. The van der Waals surface area contributed by atoms with Crippen LogP contribution in [0.25, 0.3) is 5.57 Å². The molecule has 1 saturated heterocycles. The van der Waals surface area contributed by atoms with Crippen LogP contribution >= 0.6 is 34.8 Å². The molecule has 140 valence electrons. The van der Waals surface area contributed by atoms with Gasteiger partial charge in [0, 0.05) is 31.1 Å². The topological polar surface area (TPSA) is 97.9 Å². The van der Waals surface area contributed by atoms with Crippen LogP contribution in [0.5, 0.6) is 0 Å². The number of ether oxygens (including phenoxy) is 1. The van der Waals surface area contributed by atoms with Gasteiger partial charge in [-0.3, -0.25) is 5.01 Å². The molecule has 2 heterocycles. The van der Waals surface area contributed by atoms with Crippen LogP contribution in [0.2, 0.25) is 10.0 Å². The summed E-state index contributed by atoms with van der Waals surface area (Å²) in [6, 6.07) is 1.54. The van der Waals surface area contributed by atoms with Crippen molar-refractivity contribution < 1.29 is 20.1 Å². The molecule has 4 atom stereocenters. The molecule has 10 heteroatoms. The predicted molar refractivity (Wildman–Crippen MR) is 101 cm³/mol. The molecule has 3 rings (SSSR count). The van der Waals surface area contributed by atoms with Crippen molar-refractivity contribution in [1.29, 1.82) is 0 Å². The van der Waals surface area contributed by atoms with Crippen LogP contribution in [0.15, 0.2) is 16.2 Å². The molecule has 2 aliphatic rings. The molecule has 0 aromatic heterocycles. The molecule has 1 fully saturated rings. The van der Waals surface area contributed by atoms with Crippen LogP contribution in [0.1, 0.15) is 17.2 Å². The first-order valence-electron chi connectivity index (χ1n) is 7.66. The van der Waals surface area contributed by atoms with Gasteiger partial charge in [-0.05, 0) is 6.07 Å². The van der Waals surface area contributed by atoms with Crippen molar-refractivity contribution in [3.8, 4) is 0 Å². The summed E-state index contributed by atoms with van der Waals surface area (Å²) < 4.78 is 5.62. The number of hydrogen-bond donors (Lipinski definition) is 3. The number of benzene rings is 1. The second kappa shape index (κ2) is 7.46. The zero-order valence-electron chi connectivity index (χ0n) is 13.8. The molecule has 7 nitrogen and oxygen atoms in total. The molecular weight excluding hydrogens is 405 g/mol. The van der Waals surface area contributed by atoms with Crippen LogP contribution in [-0.2, 0) is 4.74 Å². The van der Waals surface area contributed by atoms with Gasteiger partial charge in [-0.15, -0.1) is 5.10 Å². The van der Waals surface area contributed by atoms with Crippen molar-refractivity contribution in [2.24, 2.45) is 10.1 Å². The number of aliphatic hydroxyl groups excluding tert-OH is 3. The Kier molecular flexibility index (Phi) is 5.63. The van der Waals surface area contributed by atoms with Gasteiger partial charge in [-0.2, -0.15) is 0 Å². The fraction of sp³-hybridized carbons (Fsp3) is 0.438. The molecule has 0 unspecified atom stereocenters. The summed E-state index contributed by atoms with van der Waals surface area (Å²) in [5.41, 5.74) is 1.56. The first-order chi connectivity index (χ1) is 12.3. The second-order valence-corrected chi connectivity index (χ2v) is 7.22. The normalized spacial score (nSPS) is 27.2. The van der Waals surface area contributed by atoms with Gasteiger partial charge in [-0.1, -0.05) is 34.8 Å². The van der Waals surface area contributed by atoms with Crippen LogP contribution in [0.3, 0.4) is 0 Å². The van der Waals surface area contributed by atoms with Crippen molar-refractivity contribution in [2.75, 3.05) is 20.7 Å². The summed E-state index contributed by atoms with van der Waals surface area (Å²) in [5.74, 6) is 2.80. The average Bonchev–Trinajstić information content (AvgIpc) is 3.04. The Morgan fingerprint density at radius 3 is 2.54 bits per heavy atom. The Hall–Kier alpha value is -1.15. The van der Waals surface area contributed by atoms with Crippen LogP contribution in [0, 0.1) is 0 Å². The average molecular weight is 421 g/mol. The van der Waals surface area contributed by atoms with Gasteiger partial charge in [0.2, 0.25) is 0 Å². The third kappa shape index (κ3) is 3.26. The lowest BCUT2D eigenvalue weighted by Crippen LogP contribution is -2.32.